The molecule has 6 heteroatoms. The highest BCUT2D eigenvalue weighted by atomic mass is 32.1. The number of anilines is 2. The summed E-state index contributed by atoms with van der Waals surface area (Å²) in [6.07, 6.45) is 2.97. The molecule has 0 bridgehead atoms. The normalized spacial score (nSPS) is 15.1. The lowest BCUT2D eigenvalue weighted by Gasteiger charge is -2.34. The molecule has 0 radical (unpaired) electrons. The van der Waals surface area contributed by atoms with Gasteiger partial charge in [-0.2, -0.15) is 0 Å². The number of rotatable bonds is 3. The molecule has 1 aliphatic heterocycles. The van der Waals surface area contributed by atoms with Crippen molar-refractivity contribution < 1.29 is 4.79 Å². The number of nitrogens with zero attached hydrogens (tertiary/aromatic N) is 3. The zero-order chi connectivity index (χ0) is 15.5. The fraction of sp³-hybridized carbons (Fsp3) is 0.375. The maximum absolute atomic E-state index is 12.5. The van der Waals surface area contributed by atoms with Gasteiger partial charge in [-0.1, -0.05) is 13.0 Å². The van der Waals surface area contributed by atoms with Gasteiger partial charge in [0.15, 0.2) is 5.13 Å². The van der Waals surface area contributed by atoms with Crippen molar-refractivity contribution in [1.29, 1.82) is 0 Å². The van der Waals surface area contributed by atoms with E-state index in [0.29, 0.717) is 24.3 Å². The largest absolute Gasteiger partial charge is 0.399 e. The number of carbonyl (C=O) groups is 1. The molecule has 0 spiro atoms. The third-order valence-electron chi connectivity index (χ3n) is 3.86. The molecule has 1 aliphatic rings. The van der Waals surface area contributed by atoms with Crippen molar-refractivity contribution >= 4 is 28.1 Å². The van der Waals surface area contributed by atoms with E-state index in [0.717, 1.165) is 24.6 Å². The van der Waals surface area contributed by atoms with E-state index in [1.807, 2.05) is 23.2 Å². The van der Waals surface area contributed by atoms with Gasteiger partial charge < -0.3 is 15.5 Å². The maximum atomic E-state index is 12.5. The third kappa shape index (κ3) is 3.06. The number of aromatic nitrogens is 1. The molecular formula is C16H20N4OS. The first-order valence-electron chi connectivity index (χ1n) is 7.52. The van der Waals surface area contributed by atoms with Gasteiger partial charge in [0.2, 0.25) is 0 Å². The summed E-state index contributed by atoms with van der Waals surface area (Å²) in [5, 5.41) is 1.06. The first kappa shape index (κ1) is 14.8. The molecule has 2 heterocycles. The van der Waals surface area contributed by atoms with Crippen molar-refractivity contribution in [3.8, 4) is 0 Å². The van der Waals surface area contributed by atoms with Crippen LogP contribution in [0.1, 0.15) is 22.2 Å². The predicted octanol–water partition coefficient (Wildman–Crippen LogP) is 2.25. The molecule has 22 heavy (non-hydrogen) atoms. The van der Waals surface area contributed by atoms with Crippen molar-refractivity contribution in [3.63, 3.8) is 0 Å². The van der Waals surface area contributed by atoms with E-state index >= 15 is 0 Å². The predicted molar refractivity (Wildman–Crippen MR) is 90.5 cm³/mol. The Hall–Kier alpha value is -2.08. The van der Waals surface area contributed by atoms with Crippen molar-refractivity contribution in [2.45, 2.75) is 13.3 Å². The van der Waals surface area contributed by atoms with Crippen LogP contribution in [-0.2, 0) is 6.42 Å². The molecule has 0 atom stereocenters. The van der Waals surface area contributed by atoms with Crippen molar-refractivity contribution in [2.75, 3.05) is 36.8 Å². The lowest BCUT2D eigenvalue weighted by molar-refractivity contribution is 0.0747. The summed E-state index contributed by atoms with van der Waals surface area (Å²) in [5.74, 6) is 0.0559. The van der Waals surface area contributed by atoms with Crippen LogP contribution in [0.4, 0.5) is 10.8 Å². The van der Waals surface area contributed by atoms with E-state index in [1.54, 1.807) is 23.5 Å². The molecule has 2 aromatic rings. The van der Waals surface area contributed by atoms with Gasteiger partial charge in [-0.3, -0.25) is 4.79 Å². The number of amides is 1. The van der Waals surface area contributed by atoms with Crippen molar-refractivity contribution in [2.24, 2.45) is 0 Å². The Morgan fingerprint density at radius 3 is 2.73 bits per heavy atom. The Labute approximate surface area is 134 Å². The topological polar surface area (TPSA) is 62.5 Å². The minimum atomic E-state index is 0.0559. The summed E-state index contributed by atoms with van der Waals surface area (Å²) in [6, 6.07) is 7.17. The highest BCUT2D eigenvalue weighted by Crippen LogP contribution is 2.24. The first-order valence-corrected chi connectivity index (χ1v) is 8.33. The molecule has 0 unspecified atom stereocenters. The minimum absolute atomic E-state index is 0.0559. The molecule has 1 amide bonds. The summed E-state index contributed by atoms with van der Waals surface area (Å²) in [6.45, 7) is 5.22. The molecule has 1 saturated heterocycles. The van der Waals surface area contributed by atoms with Crippen LogP contribution in [0, 0.1) is 0 Å². The first-order chi connectivity index (χ1) is 10.7. The molecule has 2 N–H and O–H groups in total. The number of nitrogens with two attached hydrogens (primary N) is 1. The molecule has 0 saturated carbocycles. The molecular weight excluding hydrogens is 296 g/mol. The number of aryl methyl sites for hydroxylation is 1. The zero-order valence-electron chi connectivity index (χ0n) is 12.7. The van der Waals surface area contributed by atoms with E-state index in [1.165, 1.54) is 4.88 Å². The molecule has 1 aromatic heterocycles. The number of thiazole rings is 1. The average molecular weight is 316 g/mol. The Morgan fingerprint density at radius 1 is 1.32 bits per heavy atom. The average Bonchev–Trinajstić information content (AvgIpc) is 3.03. The van der Waals surface area contributed by atoms with Gasteiger partial charge in [0, 0.05) is 48.5 Å². The molecule has 0 aliphatic carbocycles. The molecule has 1 aromatic carbocycles. The molecule has 116 valence electrons. The van der Waals surface area contributed by atoms with Crippen LogP contribution in [0.3, 0.4) is 0 Å². The number of hydrogen-bond acceptors (Lipinski definition) is 5. The molecule has 5 nitrogen and oxygen atoms in total. The summed E-state index contributed by atoms with van der Waals surface area (Å²) >= 11 is 1.74. The van der Waals surface area contributed by atoms with Gasteiger partial charge in [-0.25, -0.2) is 4.98 Å². The lowest BCUT2D eigenvalue weighted by Crippen LogP contribution is -2.48. The number of hydrogen-bond donors (Lipinski definition) is 1. The minimum Gasteiger partial charge on any atom is -0.399 e. The molecule has 1 fully saturated rings. The van der Waals surface area contributed by atoms with E-state index in [-0.39, 0.29) is 5.91 Å². The quantitative estimate of drug-likeness (QED) is 0.882. The SMILES string of the molecule is CCc1cnc(N2CCN(C(=O)c3cccc(N)c3)CC2)s1. The van der Waals surface area contributed by atoms with Crippen LogP contribution >= 0.6 is 11.3 Å². The summed E-state index contributed by atoms with van der Waals surface area (Å²) in [7, 11) is 0. The second-order valence-corrected chi connectivity index (χ2v) is 6.46. The number of benzene rings is 1. The number of nitrogen functional groups attached to an aromatic ring is 1. The zero-order valence-corrected chi connectivity index (χ0v) is 13.5. The van der Waals surface area contributed by atoms with Gasteiger partial charge in [0.1, 0.15) is 0 Å². The van der Waals surface area contributed by atoms with Crippen LogP contribution in [-0.4, -0.2) is 42.0 Å². The molecule has 3 rings (SSSR count). The van der Waals surface area contributed by atoms with E-state index in [9.17, 15) is 4.79 Å². The van der Waals surface area contributed by atoms with Gasteiger partial charge in [-0.05, 0) is 24.6 Å². The Morgan fingerprint density at radius 2 is 2.09 bits per heavy atom. The maximum Gasteiger partial charge on any atom is 0.254 e. The van der Waals surface area contributed by atoms with Crippen molar-refractivity contribution in [3.05, 3.63) is 40.9 Å². The fourth-order valence-corrected chi connectivity index (χ4v) is 3.46. The Balaban J connectivity index is 1.62. The Bertz CT molecular complexity index is 662. The van der Waals surface area contributed by atoms with Crippen LogP contribution in [0.2, 0.25) is 0 Å². The third-order valence-corrected chi connectivity index (χ3v) is 5.06. The summed E-state index contributed by atoms with van der Waals surface area (Å²) in [5.41, 5.74) is 7.04. The lowest BCUT2D eigenvalue weighted by atomic mass is 10.1. The second-order valence-electron chi connectivity index (χ2n) is 5.37. The smallest absolute Gasteiger partial charge is 0.254 e. The van der Waals surface area contributed by atoms with E-state index < -0.39 is 0 Å². The van der Waals surface area contributed by atoms with Gasteiger partial charge >= 0.3 is 0 Å². The highest BCUT2D eigenvalue weighted by Gasteiger charge is 2.23. The fourth-order valence-electron chi connectivity index (χ4n) is 2.56. The van der Waals surface area contributed by atoms with Crippen molar-refractivity contribution in [1.82, 2.24) is 9.88 Å². The standard InChI is InChI=1S/C16H20N4OS/c1-2-14-11-18-16(22-14)20-8-6-19(7-9-20)15(21)12-4-3-5-13(17)10-12/h3-5,10-11H,2,6-9,17H2,1H3. The van der Waals surface area contributed by atoms with E-state index in [4.69, 9.17) is 5.73 Å². The highest BCUT2D eigenvalue weighted by molar-refractivity contribution is 7.15. The summed E-state index contributed by atoms with van der Waals surface area (Å²) < 4.78 is 0. The Kier molecular flexibility index (Phi) is 4.29. The van der Waals surface area contributed by atoms with Crippen LogP contribution in [0.25, 0.3) is 0 Å². The monoisotopic (exact) mass is 316 g/mol. The van der Waals surface area contributed by atoms with Gasteiger partial charge in [-0.15, -0.1) is 11.3 Å². The second kappa shape index (κ2) is 6.36. The van der Waals surface area contributed by atoms with Crippen LogP contribution in [0.5, 0.6) is 0 Å². The van der Waals surface area contributed by atoms with Gasteiger partial charge in [0.05, 0.1) is 0 Å². The van der Waals surface area contributed by atoms with Gasteiger partial charge in [0.25, 0.3) is 5.91 Å². The number of piperazine rings is 1. The number of carbonyl (C=O) groups excluding carboxylic acids is 1. The van der Waals surface area contributed by atoms with Crippen LogP contribution in [0.15, 0.2) is 30.5 Å². The van der Waals surface area contributed by atoms with Crippen LogP contribution < -0.4 is 10.6 Å². The van der Waals surface area contributed by atoms with E-state index in [2.05, 4.69) is 16.8 Å². The summed E-state index contributed by atoms with van der Waals surface area (Å²) in [4.78, 5) is 22.4.